The van der Waals surface area contributed by atoms with Gasteiger partial charge in [-0.05, 0) is 56.4 Å². The number of aliphatic hydroxyl groups is 1. The van der Waals surface area contributed by atoms with Crippen molar-refractivity contribution in [3.63, 3.8) is 0 Å². The molecule has 6 N–H and O–H groups in total. The van der Waals surface area contributed by atoms with E-state index in [1.54, 1.807) is 45.0 Å². The molecule has 3 heterocycles. The van der Waals surface area contributed by atoms with E-state index in [2.05, 4.69) is 31.6 Å². The maximum Gasteiger partial charge on any atom is 0.289 e. The van der Waals surface area contributed by atoms with Crippen LogP contribution in [-0.4, -0.2) is 82.5 Å². The molecule has 0 fully saturated rings. The zero-order valence-corrected chi connectivity index (χ0v) is 29.8. The second-order valence-corrected chi connectivity index (χ2v) is 13.1. The van der Waals surface area contributed by atoms with E-state index >= 15 is 0 Å². The van der Waals surface area contributed by atoms with Crippen molar-refractivity contribution in [3.8, 4) is 5.75 Å². The lowest BCUT2D eigenvalue weighted by Gasteiger charge is -2.29. The lowest BCUT2D eigenvalue weighted by Crippen LogP contribution is -2.61. The molecule has 1 aromatic heterocycles. The van der Waals surface area contributed by atoms with Gasteiger partial charge in [-0.15, -0.1) is 0 Å². The number of nitrogens with zero attached hydrogens (tertiary/aromatic N) is 1. The fraction of sp³-hybridized carbons (Fsp3) is 0.459. The van der Waals surface area contributed by atoms with Crippen LogP contribution in [0.4, 0.5) is 0 Å². The van der Waals surface area contributed by atoms with E-state index in [9.17, 15) is 29.1 Å². The van der Waals surface area contributed by atoms with Crippen LogP contribution in [0.5, 0.6) is 5.75 Å². The maximum atomic E-state index is 13.6. The normalized spacial score (nSPS) is 22.9. The van der Waals surface area contributed by atoms with Gasteiger partial charge in [-0.2, -0.15) is 0 Å². The van der Waals surface area contributed by atoms with Gasteiger partial charge in [-0.3, -0.25) is 24.0 Å². The Bertz CT molecular complexity index is 1670. The summed E-state index contributed by atoms with van der Waals surface area (Å²) in [5, 5.41) is 24.0. The van der Waals surface area contributed by atoms with Crippen LogP contribution in [0.1, 0.15) is 67.9 Å². The molecule has 0 saturated heterocycles. The SMILES string of the molecule is CCc1nc(C)c(C(=O)N[C@H]2Cc3ccc(cc3)OC[C@H](Cc3ccccc3)NC(=O)[C@@H](C(C)C)NC(=O)[C@H]([C@@H](C)O)NC(=O)[C@@H](C)NC2=O)o1. The van der Waals surface area contributed by atoms with Gasteiger partial charge in [0.2, 0.25) is 29.4 Å². The van der Waals surface area contributed by atoms with Crippen molar-refractivity contribution in [2.45, 2.75) is 97.1 Å². The summed E-state index contributed by atoms with van der Waals surface area (Å²) in [5.74, 6) is -2.83. The summed E-state index contributed by atoms with van der Waals surface area (Å²) < 4.78 is 11.7. The summed E-state index contributed by atoms with van der Waals surface area (Å²) in [6.45, 7) is 9.83. The number of oxazole rings is 1. The fourth-order valence-electron chi connectivity index (χ4n) is 5.58. The van der Waals surface area contributed by atoms with Gasteiger partial charge in [-0.1, -0.05) is 63.2 Å². The summed E-state index contributed by atoms with van der Waals surface area (Å²) in [7, 11) is 0. The van der Waals surface area contributed by atoms with Gasteiger partial charge >= 0.3 is 0 Å². The van der Waals surface area contributed by atoms with E-state index < -0.39 is 65.8 Å². The number of nitrogens with one attached hydrogen (secondary N) is 5. The van der Waals surface area contributed by atoms with Crippen molar-refractivity contribution in [1.29, 1.82) is 0 Å². The summed E-state index contributed by atoms with van der Waals surface area (Å²) in [4.78, 5) is 71.6. The molecule has 0 spiro atoms. The molecule has 5 rings (SSSR count). The van der Waals surface area contributed by atoms with Crippen LogP contribution in [0.25, 0.3) is 0 Å². The van der Waals surface area contributed by atoms with Gasteiger partial charge < -0.3 is 40.8 Å². The second kappa shape index (κ2) is 17.6. The number of hydrogen-bond acceptors (Lipinski definition) is 9. The fourth-order valence-corrected chi connectivity index (χ4v) is 5.58. The van der Waals surface area contributed by atoms with Gasteiger partial charge in [0, 0.05) is 12.8 Å². The number of benzene rings is 2. The van der Waals surface area contributed by atoms with Crippen molar-refractivity contribution in [3.05, 3.63) is 83.1 Å². The molecule has 3 aromatic rings. The first-order valence-electron chi connectivity index (χ1n) is 17.2. The van der Waals surface area contributed by atoms with Crippen molar-refractivity contribution >= 4 is 29.5 Å². The quantitative estimate of drug-likeness (QED) is 0.197. The molecule has 2 aliphatic rings. The van der Waals surface area contributed by atoms with Crippen LogP contribution < -0.4 is 31.3 Å². The lowest BCUT2D eigenvalue weighted by atomic mass is 10.0. The molecule has 2 aliphatic heterocycles. The van der Waals surface area contributed by atoms with Crippen molar-refractivity contribution < 1.29 is 38.2 Å². The van der Waals surface area contributed by atoms with Crippen LogP contribution >= 0.6 is 0 Å². The van der Waals surface area contributed by atoms with Gasteiger partial charge in [0.1, 0.15) is 36.5 Å². The smallest absolute Gasteiger partial charge is 0.289 e. The number of amides is 5. The van der Waals surface area contributed by atoms with Gasteiger partial charge in [-0.25, -0.2) is 4.98 Å². The van der Waals surface area contributed by atoms with Crippen LogP contribution in [-0.2, 0) is 38.4 Å². The predicted octanol–water partition coefficient (Wildman–Crippen LogP) is 1.52. The van der Waals surface area contributed by atoms with E-state index in [1.165, 1.54) is 13.8 Å². The minimum Gasteiger partial charge on any atom is -0.491 e. The first kappa shape index (κ1) is 38.6. The van der Waals surface area contributed by atoms with E-state index in [0.717, 1.165) is 5.56 Å². The highest BCUT2D eigenvalue weighted by atomic mass is 16.5. The number of hydrogen-bond donors (Lipinski definition) is 6. The van der Waals surface area contributed by atoms with Gasteiger partial charge in [0.25, 0.3) is 5.91 Å². The Balaban J connectivity index is 1.66. The average Bonchev–Trinajstić information content (AvgIpc) is 3.48. The largest absolute Gasteiger partial charge is 0.491 e. The highest BCUT2D eigenvalue weighted by Gasteiger charge is 2.34. The molecule has 2 aromatic carbocycles. The molecule has 0 radical (unpaired) electrons. The molecule has 2 bridgehead atoms. The van der Waals surface area contributed by atoms with Crippen molar-refractivity contribution in [2.75, 3.05) is 6.61 Å². The standard InChI is InChI=1S/C37H48N6O8/c1-7-29-38-21(4)32(51-29)37(49)41-28-18-25-13-15-27(16-14-25)50-19-26(17-24-11-9-8-10-12-24)40-35(47)30(20(2)3)42-36(48)31(23(6)44)43-33(45)22(5)39-34(28)46/h8-16,20,22-23,26,28,30-31,44H,7,17-19H2,1-6H3,(H,39,46)(H,40,47)(H,41,49)(H,42,48)(H,43,45)/t22-,23-,26+,28+,30-,31+/m1/s1. The highest BCUT2D eigenvalue weighted by Crippen LogP contribution is 2.17. The van der Waals surface area contributed by atoms with E-state index in [-0.39, 0.29) is 24.7 Å². The van der Waals surface area contributed by atoms with Crippen LogP contribution in [0, 0.1) is 12.8 Å². The lowest BCUT2D eigenvalue weighted by molar-refractivity contribution is -0.136. The van der Waals surface area contributed by atoms with Crippen molar-refractivity contribution in [2.24, 2.45) is 5.92 Å². The molecule has 14 heteroatoms. The number of aliphatic hydroxyl groups excluding tert-OH is 1. The Morgan fingerprint density at radius 3 is 2.16 bits per heavy atom. The highest BCUT2D eigenvalue weighted by molar-refractivity contribution is 5.98. The zero-order chi connectivity index (χ0) is 37.2. The third kappa shape index (κ3) is 10.6. The summed E-state index contributed by atoms with van der Waals surface area (Å²) in [6.07, 6.45) is -0.393. The number of rotatable bonds is 7. The Kier molecular flexibility index (Phi) is 13.3. The maximum absolute atomic E-state index is 13.6. The molecule has 0 saturated carbocycles. The number of ether oxygens (including phenoxy) is 1. The van der Waals surface area contributed by atoms with Gasteiger partial charge in [0.05, 0.1) is 17.8 Å². The number of aryl methyl sites for hydroxylation is 2. The molecule has 0 aliphatic carbocycles. The third-order valence-electron chi connectivity index (χ3n) is 8.52. The molecular formula is C37H48N6O8. The average molecular weight is 705 g/mol. The zero-order valence-electron chi connectivity index (χ0n) is 29.8. The number of carbonyl (C=O) groups is 5. The first-order valence-corrected chi connectivity index (χ1v) is 17.2. The molecule has 6 atom stereocenters. The predicted molar refractivity (Wildman–Crippen MR) is 188 cm³/mol. The molecule has 51 heavy (non-hydrogen) atoms. The molecule has 14 nitrogen and oxygen atoms in total. The van der Waals surface area contributed by atoms with Crippen LogP contribution in [0.2, 0.25) is 0 Å². The van der Waals surface area contributed by atoms with E-state index in [4.69, 9.17) is 9.15 Å². The van der Waals surface area contributed by atoms with E-state index in [1.807, 2.05) is 37.3 Å². The molecule has 5 amide bonds. The minimum absolute atomic E-state index is 0.0248. The Hall–Kier alpha value is -5.24. The summed E-state index contributed by atoms with van der Waals surface area (Å²) in [5.41, 5.74) is 2.01. The minimum atomic E-state index is -1.45. The topological polar surface area (TPSA) is 201 Å². The van der Waals surface area contributed by atoms with Gasteiger partial charge in [0.15, 0.2) is 5.89 Å². The Morgan fingerprint density at radius 2 is 1.55 bits per heavy atom. The Labute approximate surface area is 297 Å². The summed E-state index contributed by atoms with van der Waals surface area (Å²) >= 11 is 0. The van der Waals surface area contributed by atoms with Crippen molar-refractivity contribution in [1.82, 2.24) is 31.6 Å². The monoisotopic (exact) mass is 704 g/mol. The third-order valence-corrected chi connectivity index (χ3v) is 8.52. The van der Waals surface area contributed by atoms with E-state index in [0.29, 0.717) is 35.7 Å². The van der Waals surface area contributed by atoms with Crippen LogP contribution in [0.3, 0.4) is 0 Å². The number of aromatic nitrogens is 1. The number of carbonyl (C=O) groups excluding carboxylic acids is 5. The number of fused-ring (bicyclic) bond motifs is 17. The second-order valence-electron chi connectivity index (χ2n) is 13.1. The summed E-state index contributed by atoms with van der Waals surface area (Å²) in [6, 6.07) is 11.3. The Morgan fingerprint density at radius 1 is 0.902 bits per heavy atom. The molecular weight excluding hydrogens is 656 g/mol. The molecule has 0 unspecified atom stereocenters. The van der Waals surface area contributed by atoms with Crippen LogP contribution in [0.15, 0.2) is 59.0 Å². The molecule has 274 valence electrons. The first-order chi connectivity index (χ1) is 24.2.